The van der Waals surface area contributed by atoms with Crippen molar-refractivity contribution in [3.05, 3.63) is 0 Å². The monoisotopic (exact) mass is 200 g/mol. The van der Waals surface area contributed by atoms with E-state index in [9.17, 15) is 4.79 Å². The van der Waals surface area contributed by atoms with E-state index < -0.39 is 11.4 Å². The second-order valence-electron chi connectivity index (χ2n) is 4.83. The van der Waals surface area contributed by atoms with E-state index in [0.717, 1.165) is 25.9 Å². The Kier molecular flexibility index (Phi) is 3.50. The number of piperidine rings is 1. The molecule has 0 aromatic carbocycles. The molecule has 1 saturated heterocycles. The summed E-state index contributed by atoms with van der Waals surface area (Å²) in [4.78, 5) is 13.1. The summed E-state index contributed by atoms with van der Waals surface area (Å²) in [6.07, 6.45) is 2.14. The van der Waals surface area contributed by atoms with Gasteiger partial charge in [0, 0.05) is 19.1 Å². The van der Waals surface area contributed by atoms with Crippen molar-refractivity contribution >= 4 is 5.97 Å². The number of carboxylic acid groups (broad SMARTS) is 1. The summed E-state index contributed by atoms with van der Waals surface area (Å²) in [6.45, 7) is 5.92. The number of likely N-dealkylation sites (tertiary alicyclic amines) is 1. The zero-order valence-electron chi connectivity index (χ0n) is 8.99. The van der Waals surface area contributed by atoms with Gasteiger partial charge >= 0.3 is 5.97 Å². The van der Waals surface area contributed by atoms with E-state index in [4.69, 9.17) is 10.8 Å². The Morgan fingerprint density at radius 1 is 1.64 bits per heavy atom. The molecule has 1 aliphatic heterocycles. The zero-order chi connectivity index (χ0) is 10.8. The van der Waals surface area contributed by atoms with E-state index in [-0.39, 0.29) is 6.04 Å². The predicted octanol–water partition coefficient (Wildman–Crippen LogP) is 0.520. The lowest BCUT2D eigenvalue weighted by atomic mass is 9.92. The minimum atomic E-state index is -0.739. The molecule has 0 amide bonds. The van der Waals surface area contributed by atoms with Gasteiger partial charge in [0.25, 0.3) is 0 Å². The number of carboxylic acids is 1. The summed E-state index contributed by atoms with van der Waals surface area (Å²) in [7, 11) is 0. The third-order valence-corrected chi connectivity index (χ3v) is 2.74. The van der Waals surface area contributed by atoms with E-state index in [2.05, 4.69) is 4.90 Å². The Bertz CT molecular complexity index is 216. The highest BCUT2D eigenvalue weighted by Crippen LogP contribution is 2.19. The number of rotatable bonds is 3. The van der Waals surface area contributed by atoms with Crippen LogP contribution in [-0.2, 0) is 4.79 Å². The number of hydrogen-bond acceptors (Lipinski definition) is 3. The minimum absolute atomic E-state index is 0.216. The highest BCUT2D eigenvalue weighted by molar-refractivity contribution is 5.73. The molecule has 1 atom stereocenters. The maximum atomic E-state index is 10.9. The zero-order valence-corrected chi connectivity index (χ0v) is 8.99. The second kappa shape index (κ2) is 4.28. The van der Waals surface area contributed by atoms with Gasteiger partial charge in [0.1, 0.15) is 0 Å². The minimum Gasteiger partial charge on any atom is -0.481 e. The normalized spacial score (nSPS) is 24.9. The second-order valence-corrected chi connectivity index (χ2v) is 4.83. The van der Waals surface area contributed by atoms with E-state index in [1.807, 2.05) is 0 Å². The van der Waals surface area contributed by atoms with Gasteiger partial charge < -0.3 is 15.7 Å². The lowest BCUT2D eigenvalue weighted by molar-refractivity contribution is -0.148. The van der Waals surface area contributed by atoms with Gasteiger partial charge in [-0.15, -0.1) is 0 Å². The van der Waals surface area contributed by atoms with E-state index in [0.29, 0.717) is 6.54 Å². The fraction of sp³-hybridized carbons (Fsp3) is 0.900. The maximum Gasteiger partial charge on any atom is 0.310 e. The van der Waals surface area contributed by atoms with Crippen LogP contribution in [-0.4, -0.2) is 41.7 Å². The molecule has 0 radical (unpaired) electrons. The van der Waals surface area contributed by atoms with Crippen LogP contribution in [0, 0.1) is 5.41 Å². The molecular formula is C10H20N2O2. The summed E-state index contributed by atoms with van der Waals surface area (Å²) in [6, 6.07) is 0.216. The fourth-order valence-electron chi connectivity index (χ4n) is 1.86. The molecule has 0 saturated carbocycles. The van der Waals surface area contributed by atoms with Crippen LogP contribution >= 0.6 is 0 Å². The smallest absolute Gasteiger partial charge is 0.310 e. The van der Waals surface area contributed by atoms with Crippen LogP contribution in [0.2, 0.25) is 0 Å². The van der Waals surface area contributed by atoms with Crippen LogP contribution in [0.1, 0.15) is 26.7 Å². The van der Waals surface area contributed by atoms with E-state index in [1.165, 1.54) is 0 Å². The molecule has 3 N–H and O–H groups in total. The molecule has 0 unspecified atom stereocenters. The van der Waals surface area contributed by atoms with Crippen LogP contribution in [0.5, 0.6) is 0 Å². The molecule has 0 bridgehead atoms. The quantitative estimate of drug-likeness (QED) is 0.697. The first-order valence-electron chi connectivity index (χ1n) is 5.13. The molecular weight excluding hydrogens is 180 g/mol. The molecule has 82 valence electrons. The molecule has 0 spiro atoms. The van der Waals surface area contributed by atoms with Gasteiger partial charge in [-0.25, -0.2) is 0 Å². The van der Waals surface area contributed by atoms with Crippen LogP contribution in [0.25, 0.3) is 0 Å². The van der Waals surface area contributed by atoms with Gasteiger partial charge in [-0.1, -0.05) is 0 Å². The molecule has 1 aliphatic rings. The number of nitrogens with zero attached hydrogens (tertiary/aromatic N) is 1. The Morgan fingerprint density at radius 2 is 2.29 bits per heavy atom. The van der Waals surface area contributed by atoms with Gasteiger partial charge in [-0.3, -0.25) is 4.79 Å². The lowest BCUT2D eigenvalue weighted by Gasteiger charge is -2.34. The first-order valence-corrected chi connectivity index (χ1v) is 5.13. The first-order chi connectivity index (χ1) is 6.42. The molecule has 4 nitrogen and oxygen atoms in total. The molecule has 1 heterocycles. The van der Waals surface area contributed by atoms with Gasteiger partial charge in [0.05, 0.1) is 5.41 Å². The molecule has 0 aliphatic carbocycles. The van der Waals surface area contributed by atoms with Crippen LogP contribution in [0.15, 0.2) is 0 Å². The van der Waals surface area contributed by atoms with Gasteiger partial charge in [-0.2, -0.15) is 0 Å². The van der Waals surface area contributed by atoms with Crippen LogP contribution < -0.4 is 5.73 Å². The maximum absolute atomic E-state index is 10.9. The van der Waals surface area contributed by atoms with Crippen LogP contribution in [0.4, 0.5) is 0 Å². The molecule has 0 aromatic rings. The number of nitrogens with two attached hydrogens (primary N) is 1. The van der Waals surface area contributed by atoms with E-state index >= 15 is 0 Å². The summed E-state index contributed by atoms with van der Waals surface area (Å²) >= 11 is 0. The van der Waals surface area contributed by atoms with E-state index in [1.54, 1.807) is 13.8 Å². The Hall–Kier alpha value is -0.610. The first kappa shape index (κ1) is 11.5. The Morgan fingerprint density at radius 3 is 2.79 bits per heavy atom. The van der Waals surface area contributed by atoms with Crippen molar-refractivity contribution in [3.63, 3.8) is 0 Å². The highest BCUT2D eigenvalue weighted by atomic mass is 16.4. The third kappa shape index (κ3) is 2.96. The summed E-state index contributed by atoms with van der Waals surface area (Å²) in [5, 5.41) is 8.98. The average Bonchev–Trinajstić information content (AvgIpc) is 2.02. The summed E-state index contributed by atoms with van der Waals surface area (Å²) in [5.41, 5.74) is 5.16. The topological polar surface area (TPSA) is 66.6 Å². The van der Waals surface area contributed by atoms with Crippen molar-refractivity contribution in [2.45, 2.75) is 32.7 Å². The third-order valence-electron chi connectivity index (χ3n) is 2.74. The Balaban J connectivity index is 2.47. The van der Waals surface area contributed by atoms with Gasteiger partial charge in [-0.05, 0) is 33.2 Å². The van der Waals surface area contributed by atoms with Crippen molar-refractivity contribution < 1.29 is 9.90 Å². The molecule has 14 heavy (non-hydrogen) atoms. The Labute approximate surface area is 85.1 Å². The van der Waals surface area contributed by atoms with Crippen molar-refractivity contribution in [1.82, 2.24) is 4.90 Å². The molecule has 1 rings (SSSR count). The average molecular weight is 200 g/mol. The SMILES string of the molecule is CC(C)(CN1CCC[C@H](N)C1)C(=O)O. The van der Waals surface area contributed by atoms with Crippen molar-refractivity contribution in [3.8, 4) is 0 Å². The van der Waals surface area contributed by atoms with Gasteiger partial charge in [0.15, 0.2) is 0 Å². The standard InChI is InChI=1S/C10H20N2O2/c1-10(2,9(13)14)7-12-5-3-4-8(11)6-12/h8H,3-7,11H2,1-2H3,(H,13,14)/t8-/m0/s1. The van der Waals surface area contributed by atoms with Crippen molar-refractivity contribution in [2.75, 3.05) is 19.6 Å². The highest BCUT2D eigenvalue weighted by Gasteiger charge is 2.31. The summed E-state index contributed by atoms with van der Waals surface area (Å²) < 4.78 is 0. The molecule has 1 fully saturated rings. The number of aliphatic carboxylic acids is 1. The molecule has 0 aromatic heterocycles. The summed E-state index contributed by atoms with van der Waals surface area (Å²) in [5.74, 6) is -0.739. The predicted molar refractivity (Wildman–Crippen MR) is 55.1 cm³/mol. The van der Waals surface area contributed by atoms with Crippen LogP contribution in [0.3, 0.4) is 0 Å². The number of hydrogen-bond donors (Lipinski definition) is 2. The largest absolute Gasteiger partial charge is 0.481 e. The van der Waals surface area contributed by atoms with Crippen molar-refractivity contribution in [2.24, 2.45) is 11.1 Å². The van der Waals surface area contributed by atoms with Crippen molar-refractivity contribution in [1.29, 1.82) is 0 Å². The fourth-order valence-corrected chi connectivity index (χ4v) is 1.86. The number of carbonyl (C=O) groups is 1. The van der Waals surface area contributed by atoms with Gasteiger partial charge in [0.2, 0.25) is 0 Å². The lowest BCUT2D eigenvalue weighted by Crippen LogP contribution is -2.47. The molecule has 4 heteroatoms.